The molecular weight excluding hydrogens is 380 g/mol. The average Bonchev–Trinajstić information content (AvgIpc) is 2.95. The Morgan fingerprint density at radius 1 is 1.18 bits per heavy atom. The second-order valence-corrected chi connectivity index (χ2v) is 6.99. The molecule has 0 radical (unpaired) electrons. The molecule has 0 aliphatic carbocycles. The molecule has 0 saturated carbocycles. The highest BCUT2D eigenvalue weighted by atomic mass is 35.5. The predicted octanol–water partition coefficient (Wildman–Crippen LogP) is 2.51. The summed E-state index contributed by atoms with van der Waals surface area (Å²) in [5.41, 5.74) is 5.15. The van der Waals surface area contributed by atoms with Gasteiger partial charge in [0.05, 0.1) is 11.1 Å². The fourth-order valence-corrected chi connectivity index (χ4v) is 4.22. The molecular formula is C20H11ClN4O3. The number of nitriles is 1. The predicted molar refractivity (Wildman–Crippen MR) is 103 cm³/mol. The van der Waals surface area contributed by atoms with Crippen LogP contribution in [0.1, 0.15) is 11.1 Å². The van der Waals surface area contributed by atoms with E-state index in [1.807, 2.05) is 6.07 Å². The van der Waals surface area contributed by atoms with E-state index in [0.29, 0.717) is 27.2 Å². The number of aromatic nitrogens is 1. The van der Waals surface area contributed by atoms with Crippen LogP contribution in [0.2, 0.25) is 5.02 Å². The molecule has 3 aromatic rings. The van der Waals surface area contributed by atoms with E-state index in [2.05, 4.69) is 10.3 Å². The van der Waals surface area contributed by atoms with Crippen molar-refractivity contribution < 1.29 is 9.53 Å². The van der Waals surface area contributed by atoms with Crippen molar-refractivity contribution in [3.05, 3.63) is 80.4 Å². The van der Waals surface area contributed by atoms with E-state index >= 15 is 0 Å². The lowest BCUT2D eigenvalue weighted by Crippen LogP contribution is -2.46. The van der Waals surface area contributed by atoms with Gasteiger partial charge >= 0.3 is 0 Å². The fraction of sp³-hybridized carbons (Fsp3) is 0.0500. The maximum Gasteiger partial charge on any atom is 0.257 e. The van der Waals surface area contributed by atoms with E-state index in [4.69, 9.17) is 22.1 Å². The number of fused-ring (bicyclic) bond motifs is 6. The number of nitrogens with one attached hydrogen (secondary N) is 2. The molecule has 1 unspecified atom stereocenters. The molecule has 7 nitrogen and oxygen atoms in total. The van der Waals surface area contributed by atoms with Crippen molar-refractivity contribution in [2.75, 3.05) is 5.32 Å². The number of pyridine rings is 1. The summed E-state index contributed by atoms with van der Waals surface area (Å²) >= 11 is 6.13. The summed E-state index contributed by atoms with van der Waals surface area (Å²) in [5.74, 6) is -0.650. The number of para-hydroxylation sites is 1. The number of aromatic amines is 1. The summed E-state index contributed by atoms with van der Waals surface area (Å²) in [4.78, 5) is 29.1. The van der Waals surface area contributed by atoms with Gasteiger partial charge in [0, 0.05) is 21.7 Å². The smallest absolute Gasteiger partial charge is 0.257 e. The zero-order valence-corrected chi connectivity index (χ0v) is 14.9. The molecule has 1 spiro atoms. The average molecular weight is 391 g/mol. The van der Waals surface area contributed by atoms with Gasteiger partial charge in [-0.3, -0.25) is 9.59 Å². The summed E-state index contributed by atoms with van der Waals surface area (Å²) in [7, 11) is 0. The largest absolute Gasteiger partial charge is 0.439 e. The van der Waals surface area contributed by atoms with Gasteiger partial charge in [0.25, 0.3) is 5.56 Å². The molecule has 2 aliphatic rings. The summed E-state index contributed by atoms with van der Waals surface area (Å²) in [6.07, 6.45) is 0. The van der Waals surface area contributed by atoms with Crippen molar-refractivity contribution in [1.29, 1.82) is 5.26 Å². The van der Waals surface area contributed by atoms with E-state index < -0.39 is 16.9 Å². The first-order chi connectivity index (χ1) is 13.5. The van der Waals surface area contributed by atoms with Crippen LogP contribution in [0.15, 0.2) is 58.7 Å². The van der Waals surface area contributed by atoms with Crippen molar-refractivity contribution in [2.24, 2.45) is 5.73 Å². The van der Waals surface area contributed by atoms with Crippen molar-refractivity contribution >= 4 is 34.1 Å². The molecule has 4 N–H and O–H groups in total. The SMILES string of the molecule is N#CC1=C(N)Oc2c(c(=O)[nH]c3ccc(Cl)cc23)C12C(=O)Nc1ccccc12. The number of amides is 1. The second-order valence-electron chi connectivity index (χ2n) is 6.55. The Morgan fingerprint density at radius 2 is 1.96 bits per heavy atom. The van der Waals surface area contributed by atoms with Gasteiger partial charge in [-0.25, -0.2) is 0 Å². The molecule has 2 aromatic carbocycles. The summed E-state index contributed by atoms with van der Waals surface area (Å²) in [6.45, 7) is 0. The highest BCUT2D eigenvalue weighted by Crippen LogP contribution is 2.53. The van der Waals surface area contributed by atoms with Crippen LogP contribution in [0.3, 0.4) is 0 Å². The van der Waals surface area contributed by atoms with Crippen LogP contribution < -0.4 is 21.3 Å². The molecule has 1 aromatic heterocycles. The lowest BCUT2D eigenvalue weighted by molar-refractivity contribution is -0.118. The van der Waals surface area contributed by atoms with Crippen LogP contribution in [0.25, 0.3) is 10.9 Å². The number of rotatable bonds is 0. The van der Waals surface area contributed by atoms with Crippen LogP contribution in [-0.4, -0.2) is 10.9 Å². The van der Waals surface area contributed by atoms with Gasteiger partial charge in [0.1, 0.15) is 17.4 Å². The molecule has 2 aliphatic heterocycles. The molecule has 5 rings (SSSR count). The number of carbonyl (C=O) groups excluding carboxylic acids is 1. The van der Waals surface area contributed by atoms with Crippen molar-refractivity contribution in [3.63, 3.8) is 0 Å². The van der Waals surface area contributed by atoms with E-state index in [0.717, 1.165) is 0 Å². The zero-order valence-electron chi connectivity index (χ0n) is 14.2. The van der Waals surface area contributed by atoms with E-state index in [-0.39, 0.29) is 22.8 Å². The third-order valence-electron chi connectivity index (χ3n) is 5.17. The van der Waals surface area contributed by atoms with Gasteiger partial charge in [-0.15, -0.1) is 0 Å². The van der Waals surface area contributed by atoms with Crippen molar-refractivity contribution in [1.82, 2.24) is 4.98 Å². The monoisotopic (exact) mass is 390 g/mol. The van der Waals surface area contributed by atoms with Gasteiger partial charge in [-0.05, 0) is 24.3 Å². The lowest BCUT2D eigenvalue weighted by Gasteiger charge is -2.33. The molecule has 8 heteroatoms. The normalized spacial score (nSPS) is 19.8. The lowest BCUT2D eigenvalue weighted by atomic mass is 9.69. The minimum Gasteiger partial charge on any atom is -0.439 e. The minimum absolute atomic E-state index is 0.00969. The Morgan fingerprint density at radius 3 is 2.75 bits per heavy atom. The van der Waals surface area contributed by atoms with Crippen LogP contribution in [-0.2, 0) is 10.2 Å². The Kier molecular flexibility index (Phi) is 3.15. The molecule has 0 saturated heterocycles. The Bertz CT molecular complexity index is 1350. The third-order valence-corrected chi connectivity index (χ3v) is 5.40. The summed E-state index contributed by atoms with van der Waals surface area (Å²) < 4.78 is 5.71. The summed E-state index contributed by atoms with van der Waals surface area (Å²) in [5, 5.41) is 13.5. The van der Waals surface area contributed by atoms with Crippen LogP contribution in [0.4, 0.5) is 5.69 Å². The van der Waals surface area contributed by atoms with Crippen LogP contribution >= 0.6 is 11.6 Å². The van der Waals surface area contributed by atoms with Gasteiger partial charge in [-0.1, -0.05) is 29.8 Å². The van der Waals surface area contributed by atoms with E-state index in [1.54, 1.807) is 42.5 Å². The number of hydrogen-bond acceptors (Lipinski definition) is 5. The Balaban J connectivity index is 2.02. The van der Waals surface area contributed by atoms with Crippen molar-refractivity contribution in [3.8, 4) is 11.8 Å². The van der Waals surface area contributed by atoms with Gasteiger partial charge in [0.15, 0.2) is 5.41 Å². The number of H-pyrrole nitrogens is 1. The maximum atomic E-state index is 13.3. The topological polar surface area (TPSA) is 121 Å². The quantitative estimate of drug-likeness (QED) is 0.544. The van der Waals surface area contributed by atoms with Crippen molar-refractivity contribution in [2.45, 2.75) is 5.41 Å². The number of hydrogen-bond donors (Lipinski definition) is 3. The van der Waals surface area contributed by atoms with E-state index in [1.165, 1.54) is 0 Å². The standard InChI is InChI=1S/C20H11ClN4O3/c21-9-5-6-13-10(7-9)16-15(18(26)24-13)20(12(8-22)17(23)28-16)11-3-1-2-4-14(11)25-19(20)27/h1-7H,23H2,(H,24,26)(H,25,27). The number of benzene rings is 2. The van der Waals surface area contributed by atoms with Gasteiger partial charge in [-0.2, -0.15) is 5.26 Å². The first kappa shape index (κ1) is 16.4. The van der Waals surface area contributed by atoms with E-state index in [9.17, 15) is 14.9 Å². The molecule has 1 amide bonds. The van der Waals surface area contributed by atoms with Crippen LogP contribution in [0.5, 0.6) is 5.75 Å². The second kappa shape index (κ2) is 5.38. The number of nitrogens with two attached hydrogens (primary N) is 1. The zero-order chi connectivity index (χ0) is 19.6. The van der Waals surface area contributed by atoms with Gasteiger partial charge in [0.2, 0.25) is 11.8 Å². The first-order valence-corrected chi connectivity index (χ1v) is 8.71. The number of nitrogens with zero attached hydrogens (tertiary/aromatic N) is 1. The highest BCUT2D eigenvalue weighted by Gasteiger charge is 2.58. The third kappa shape index (κ3) is 1.82. The number of halogens is 1. The fourth-order valence-electron chi connectivity index (χ4n) is 4.05. The number of ether oxygens (including phenoxy) is 1. The molecule has 136 valence electrons. The molecule has 3 heterocycles. The Labute approximate surface area is 163 Å². The molecule has 1 atom stereocenters. The van der Waals surface area contributed by atoms with Crippen LogP contribution in [0, 0.1) is 11.3 Å². The summed E-state index contributed by atoms with van der Waals surface area (Å²) in [6, 6.07) is 13.7. The molecule has 0 fully saturated rings. The number of carbonyl (C=O) groups is 1. The van der Waals surface area contributed by atoms with Gasteiger partial charge < -0.3 is 20.8 Å². The number of anilines is 1. The highest BCUT2D eigenvalue weighted by molar-refractivity contribution is 6.31. The Hall–Kier alpha value is -3.76. The molecule has 0 bridgehead atoms. The maximum absolute atomic E-state index is 13.3. The minimum atomic E-state index is -1.70. The first-order valence-electron chi connectivity index (χ1n) is 8.33. The molecule has 28 heavy (non-hydrogen) atoms.